The van der Waals surface area contributed by atoms with Gasteiger partial charge in [0.25, 0.3) is 0 Å². The maximum absolute atomic E-state index is 11.9. The van der Waals surface area contributed by atoms with E-state index in [4.69, 9.17) is 9.47 Å². The lowest BCUT2D eigenvalue weighted by atomic mass is 10.2. The Labute approximate surface area is 107 Å². The summed E-state index contributed by atoms with van der Waals surface area (Å²) in [6.07, 6.45) is 0.883. The van der Waals surface area contributed by atoms with Crippen molar-refractivity contribution in [3.8, 4) is 5.88 Å². The zero-order chi connectivity index (χ0) is 13.9. The minimum absolute atomic E-state index is 0.440. The highest BCUT2D eigenvalue weighted by Gasteiger charge is 2.23. The normalized spacial score (nSPS) is 11.0. The van der Waals surface area contributed by atoms with Crippen LogP contribution in [0.15, 0.2) is 6.33 Å². The molecule has 1 heterocycles. The van der Waals surface area contributed by atoms with Crippen molar-refractivity contribution in [2.75, 3.05) is 19.1 Å². The molecular weight excluding hydrogens is 234 g/mol. The first kappa shape index (κ1) is 14.2. The number of anilines is 1. The van der Waals surface area contributed by atoms with Crippen LogP contribution in [0.25, 0.3) is 0 Å². The molecule has 0 bridgehead atoms. The molecule has 0 radical (unpaired) electrons. The second-order valence-corrected chi connectivity index (χ2v) is 4.87. The van der Waals surface area contributed by atoms with Crippen molar-refractivity contribution < 1.29 is 14.3 Å². The van der Waals surface area contributed by atoms with Gasteiger partial charge in [-0.1, -0.05) is 0 Å². The van der Waals surface area contributed by atoms with Crippen LogP contribution in [-0.4, -0.2) is 35.8 Å². The third kappa shape index (κ3) is 3.32. The summed E-state index contributed by atoms with van der Waals surface area (Å²) in [5.41, 5.74) is 0.143. The average Bonchev–Trinajstić information content (AvgIpc) is 2.26. The van der Waals surface area contributed by atoms with Crippen LogP contribution in [0.2, 0.25) is 0 Å². The lowest BCUT2D eigenvalue weighted by Gasteiger charge is -2.24. The van der Waals surface area contributed by atoms with Crippen LogP contribution in [0.1, 0.15) is 26.3 Å². The Bertz CT molecular complexity index is 441. The largest absolute Gasteiger partial charge is 0.481 e. The molecule has 1 aromatic heterocycles. The smallest absolute Gasteiger partial charge is 0.415 e. The van der Waals surface area contributed by atoms with Crippen LogP contribution in [-0.2, 0) is 4.74 Å². The van der Waals surface area contributed by atoms with Gasteiger partial charge in [0.05, 0.1) is 12.7 Å². The number of hydrogen-bond acceptors (Lipinski definition) is 5. The molecule has 0 saturated carbocycles. The van der Waals surface area contributed by atoms with Gasteiger partial charge in [0.2, 0.25) is 5.88 Å². The Balaban J connectivity index is 2.97. The number of carbonyl (C=O) groups excluding carboxylic acids is 1. The van der Waals surface area contributed by atoms with Gasteiger partial charge in [0.1, 0.15) is 17.7 Å². The van der Waals surface area contributed by atoms with Gasteiger partial charge in [0, 0.05) is 7.05 Å². The summed E-state index contributed by atoms with van der Waals surface area (Å²) in [6, 6.07) is 0. The first-order valence-corrected chi connectivity index (χ1v) is 5.58. The standard InChI is InChI=1S/C12H19N3O3/c1-8-9(13-7-14-10(8)17-6)15(5)11(16)18-12(2,3)4/h7H,1-6H3. The van der Waals surface area contributed by atoms with Crippen molar-refractivity contribution in [3.05, 3.63) is 11.9 Å². The van der Waals surface area contributed by atoms with Crippen LogP contribution < -0.4 is 9.64 Å². The van der Waals surface area contributed by atoms with Crippen LogP contribution >= 0.6 is 0 Å². The van der Waals surface area contributed by atoms with Crippen LogP contribution in [0.5, 0.6) is 5.88 Å². The fraction of sp³-hybridized carbons (Fsp3) is 0.583. The Hall–Kier alpha value is -1.85. The van der Waals surface area contributed by atoms with Gasteiger partial charge in [0.15, 0.2) is 0 Å². The molecule has 0 atom stereocenters. The van der Waals surface area contributed by atoms with Gasteiger partial charge in [-0.15, -0.1) is 0 Å². The van der Waals surface area contributed by atoms with E-state index in [1.807, 2.05) is 20.8 Å². The molecule has 6 heteroatoms. The highest BCUT2D eigenvalue weighted by molar-refractivity contribution is 5.87. The van der Waals surface area contributed by atoms with Gasteiger partial charge in [-0.2, -0.15) is 0 Å². The lowest BCUT2D eigenvalue weighted by Crippen LogP contribution is -2.35. The Morgan fingerprint density at radius 2 is 1.94 bits per heavy atom. The van der Waals surface area contributed by atoms with E-state index in [0.717, 1.165) is 0 Å². The van der Waals surface area contributed by atoms with Crippen LogP contribution in [0.4, 0.5) is 10.6 Å². The van der Waals surface area contributed by atoms with Crippen molar-refractivity contribution in [1.29, 1.82) is 0 Å². The summed E-state index contributed by atoms with van der Waals surface area (Å²) in [4.78, 5) is 21.3. The topological polar surface area (TPSA) is 64.6 Å². The van der Waals surface area contributed by atoms with Gasteiger partial charge in [-0.25, -0.2) is 14.8 Å². The van der Waals surface area contributed by atoms with Crippen molar-refractivity contribution in [3.63, 3.8) is 0 Å². The van der Waals surface area contributed by atoms with E-state index in [2.05, 4.69) is 9.97 Å². The molecule has 0 aliphatic heterocycles. The lowest BCUT2D eigenvalue weighted by molar-refractivity contribution is 0.0588. The van der Waals surface area contributed by atoms with E-state index in [0.29, 0.717) is 17.3 Å². The molecule has 1 aromatic rings. The number of methoxy groups -OCH3 is 1. The molecule has 0 N–H and O–H groups in total. The van der Waals surface area contributed by atoms with Crippen molar-refractivity contribution >= 4 is 11.9 Å². The van der Waals surface area contributed by atoms with Gasteiger partial charge >= 0.3 is 6.09 Å². The van der Waals surface area contributed by atoms with Gasteiger partial charge in [-0.3, -0.25) is 4.90 Å². The Morgan fingerprint density at radius 1 is 1.33 bits per heavy atom. The molecule has 0 aliphatic rings. The average molecular weight is 253 g/mol. The molecule has 1 rings (SSSR count). The highest BCUT2D eigenvalue weighted by atomic mass is 16.6. The minimum Gasteiger partial charge on any atom is -0.481 e. The quantitative estimate of drug-likeness (QED) is 0.808. The van der Waals surface area contributed by atoms with Crippen molar-refractivity contribution in [2.45, 2.75) is 33.3 Å². The van der Waals surface area contributed by atoms with Gasteiger partial charge in [-0.05, 0) is 27.7 Å². The summed E-state index contributed by atoms with van der Waals surface area (Å²) >= 11 is 0. The Morgan fingerprint density at radius 3 is 2.44 bits per heavy atom. The second-order valence-electron chi connectivity index (χ2n) is 4.87. The monoisotopic (exact) mass is 253 g/mol. The number of nitrogens with zero attached hydrogens (tertiary/aromatic N) is 3. The molecule has 0 saturated heterocycles. The molecule has 1 amide bonds. The third-order valence-electron chi connectivity index (χ3n) is 2.19. The van der Waals surface area contributed by atoms with E-state index >= 15 is 0 Å². The third-order valence-corrected chi connectivity index (χ3v) is 2.19. The number of amides is 1. The van der Waals surface area contributed by atoms with E-state index in [-0.39, 0.29) is 0 Å². The second kappa shape index (κ2) is 5.20. The fourth-order valence-corrected chi connectivity index (χ4v) is 1.39. The molecule has 18 heavy (non-hydrogen) atoms. The summed E-state index contributed by atoms with van der Waals surface area (Å²) in [6.45, 7) is 7.22. The van der Waals surface area contributed by atoms with Crippen LogP contribution in [0.3, 0.4) is 0 Å². The Kier molecular flexibility index (Phi) is 4.11. The van der Waals surface area contributed by atoms with Crippen molar-refractivity contribution in [1.82, 2.24) is 9.97 Å². The number of rotatable bonds is 2. The maximum atomic E-state index is 11.9. The molecule has 6 nitrogen and oxygen atoms in total. The summed E-state index contributed by atoms with van der Waals surface area (Å²) in [7, 11) is 3.12. The molecule has 100 valence electrons. The van der Waals surface area contributed by atoms with Crippen LogP contribution in [0, 0.1) is 6.92 Å². The summed E-state index contributed by atoms with van der Waals surface area (Å²) in [5.74, 6) is 0.909. The predicted molar refractivity (Wildman–Crippen MR) is 68.0 cm³/mol. The van der Waals surface area contributed by atoms with Crippen molar-refractivity contribution in [2.24, 2.45) is 0 Å². The number of aromatic nitrogens is 2. The number of ether oxygens (including phenoxy) is 2. The number of carbonyl (C=O) groups is 1. The van der Waals surface area contributed by atoms with Gasteiger partial charge < -0.3 is 9.47 Å². The fourth-order valence-electron chi connectivity index (χ4n) is 1.39. The predicted octanol–water partition coefficient (Wildman–Crippen LogP) is 2.16. The SMILES string of the molecule is COc1ncnc(N(C)C(=O)OC(C)(C)C)c1C. The zero-order valence-electron chi connectivity index (χ0n) is 11.6. The molecule has 0 unspecified atom stereocenters. The molecule has 0 fully saturated rings. The highest BCUT2D eigenvalue weighted by Crippen LogP contribution is 2.23. The van der Waals surface area contributed by atoms with E-state index in [9.17, 15) is 4.79 Å². The minimum atomic E-state index is -0.545. The first-order valence-electron chi connectivity index (χ1n) is 5.58. The van der Waals surface area contributed by atoms with E-state index < -0.39 is 11.7 Å². The van der Waals surface area contributed by atoms with E-state index in [1.54, 1.807) is 14.0 Å². The van der Waals surface area contributed by atoms with E-state index in [1.165, 1.54) is 18.3 Å². The molecular formula is C12H19N3O3. The maximum Gasteiger partial charge on any atom is 0.415 e. The molecule has 0 aliphatic carbocycles. The molecule has 0 aromatic carbocycles. The molecule has 0 spiro atoms. The summed E-state index contributed by atoms with van der Waals surface area (Å²) < 4.78 is 10.4. The first-order chi connectivity index (χ1) is 8.26. The summed E-state index contributed by atoms with van der Waals surface area (Å²) in [5, 5.41) is 0. The number of hydrogen-bond donors (Lipinski definition) is 0. The zero-order valence-corrected chi connectivity index (χ0v) is 11.6.